The molecule has 0 spiro atoms. The Morgan fingerprint density at radius 3 is 1.86 bits per heavy atom. The van der Waals surface area contributed by atoms with E-state index in [9.17, 15) is 40.8 Å². The van der Waals surface area contributed by atoms with E-state index in [1.165, 1.54) is 61.5 Å². The second kappa shape index (κ2) is 42.9. The first-order chi connectivity index (χ1) is 66.7. The Morgan fingerprint density at radius 2 is 1.23 bits per heavy atom. The van der Waals surface area contributed by atoms with Gasteiger partial charge in [0.1, 0.15) is 52.7 Å². The van der Waals surface area contributed by atoms with E-state index in [0.717, 1.165) is 103 Å². The third kappa shape index (κ3) is 20.7. The number of imidazole rings is 1. The van der Waals surface area contributed by atoms with Crippen LogP contribution < -0.4 is 31.6 Å². The van der Waals surface area contributed by atoms with Crippen LogP contribution in [-0.2, 0) is 47.3 Å². The number of ether oxygens (including phenoxy) is 2. The summed E-state index contributed by atoms with van der Waals surface area (Å²) in [6.07, 6.45) is 10.2. The number of aryl methyl sites for hydroxylation is 8. The van der Waals surface area contributed by atoms with Gasteiger partial charge in [0.2, 0.25) is 5.88 Å². The van der Waals surface area contributed by atoms with Gasteiger partial charge in [0.15, 0.2) is 50.0 Å². The number of halogens is 3. The highest BCUT2D eigenvalue weighted by molar-refractivity contribution is 7.91. The van der Waals surface area contributed by atoms with Crippen LogP contribution in [-0.4, -0.2) is 155 Å². The number of nitrogens with zero attached hydrogens (tertiary/aromatic N) is 17. The van der Waals surface area contributed by atoms with Gasteiger partial charge in [0, 0.05) is 119 Å². The van der Waals surface area contributed by atoms with E-state index < -0.39 is 21.6 Å². The number of Topliss-reactive ketones (excluding diaryl/α,β-unsaturated/α-hetero) is 1. The minimum atomic E-state index is -3.42. The molecular weight excluding hydrogens is 1800 g/mol. The van der Waals surface area contributed by atoms with Crippen LogP contribution in [0.15, 0.2) is 212 Å². The van der Waals surface area contributed by atoms with Gasteiger partial charge in [0.05, 0.1) is 53.3 Å². The predicted octanol–water partition coefficient (Wildman–Crippen LogP) is 19.6. The summed E-state index contributed by atoms with van der Waals surface area (Å²) in [5.74, 6) is -0.587. The maximum absolute atomic E-state index is 14.8. The fourth-order valence-corrected chi connectivity index (χ4v) is 18.0. The molecular formula is C107H112F3N21O8S. The van der Waals surface area contributed by atoms with Gasteiger partial charge in [-0.2, -0.15) is 14.7 Å². The molecule has 140 heavy (non-hydrogen) atoms. The standard InChI is InChI=1S/C24H21FN2O2.C22H21FN4O3S.C20H22FN7O.2C20H22N4O.CH4/c1-26-20-10-9-16(25)13-18(20)21-19(24(29)27-11-5-6-12-27)14-17(23(28)22(21)26)15-7-3-2-4-8-15;1-4-27-13-24-21-18(12-25-26-22(21)27)14-6-9-19(23)17(10-14)16-8-7-15(11-20(16)30-3)31(28,29)5-2;1-12-6-7-13(21)8-14(12)18-25-24-16-9-15(20(2,3)4)19(26-28(16)18)29-10-17-22-11-23-27(17)5;1-4-11-22-20(25)19-17(21)15-10-6-9-14(18(15)23-24-19)16-12(2)7-5-8-13(16)3;1-4-10-22-20(25)19-17(21)15-7-5-6-14(18(15)23-24-19)16-11-12(2)8-9-13(16)3;/h2-4,7-10,13-14,17H,5-6,11-12H2,1H3;6-13H,4-5H2,1-3H3;6-9,11H,10H2,1-5H3;5-10H,4,11H2,1-3H3,(H2,21,23)(H,22,25);5-9,11H,4,10H2,1-3H3,(H2,21,23)(H,22,25);1H4. The maximum atomic E-state index is 14.8. The Hall–Kier alpha value is -15.8. The zero-order chi connectivity index (χ0) is 99.0. The zero-order valence-electron chi connectivity index (χ0n) is 80.1. The number of methoxy groups -OCH3 is 1. The Labute approximate surface area is 809 Å². The number of ketones is 1. The number of fused-ring (bicyclic) bond motifs is 7. The number of rotatable bonds is 20. The Kier molecular flexibility index (Phi) is 30.7. The second-order valence-corrected chi connectivity index (χ2v) is 37.4. The molecule has 1 saturated heterocycles. The number of nitrogens with one attached hydrogen (secondary N) is 2. The fraction of sp³-hybridized carbons (Fsp3) is 0.271. The molecule has 1 fully saturated rings. The maximum Gasteiger partial charge on any atom is 0.273 e. The Morgan fingerprint density at radius 1 is 0.593 bits per heavy atom. The average Bonchev–Trinajstić information content (AvgIpc) is 1.57. The quantitative estimate of drug-likeness (QED) is 0.0550. The molecule has 17 aromatic rings. The number of hydrogen-bond acceptors (Lipinski definition) is 22. The molecule has 0 radical (unpaired) electrons. The van der Waals surface area contributed by atoms with Gasteiger partial charge >= 0.3 is 0 Å². The molecule has 0 saturated carbocycles. The largest absolute Gasteiger partial charge is 0.496 e. The molecule has 1 aliphatic heterocycles. The van der Waals surface area contributed by atoms with Crippen molar-refractivity contribution in [1.82, 2.24) is 94.8 Å². The number of amides is 3. The number of hydrogen-bond donors (Lipinski definition) is 4. The molecule has 3 amide bonds. The molecule has 33 heteroatoms. The number of aromatic nitrogens is 16. The van der Waals surface area contributed by atoms with Crippen molar-refractivity contribution in [1.29, 1.82) is 0 Å². The summed E-state index contributed by atoms with van der Waals surface area (Å²) in [5, 5.41) is 50.1. The van der Waals surface area contributed by atoms with Crippen LogP contribution in [0.5, 0.6) is 11.6 Å². The third-order valence-electron chi connectivity index (χ3n) is 24.6. The Bertz CT molecular complexity index is 7720. The molecule has 1 unspecified atom stereocenters. The summed E-state index contributed by atoms with van der Waals surface area (Å²) in [7, 11) is 1.62. The van der Waals surface area contributed by atoms with Crippen LogP contribution in [0.3, 0.4) is 0 Å². The van der Waals surface area contributed by atoms with E-state index in [1.807, 2.05) is 123 Å². The number of allylic oxidation sites excluding steroid dienone is 1. The molecule has 9 aromatic carbocycles. The number of carbonyl (C=O) groups excluding carboxylic acids is 4. The van der Waals surface area contributed by atoms with Crippen molar-refractivity contribution in [3.05, 3.63) is 292 Å². The van der Waals surface area contributed by atoms with E-state index in [1.54, 1.807) is 76.7 Å². The molecule has 6 N–H and O–H groups in total. The lowest BCUT2D eigenvalue weighted by Gasteiger charge is -2.25. The van der Waals surface area contributed by atoms with Gasteiger partial charge in [-0.05, 0) is 184 Å². The van der Waals surface area contributed by atoms with Gasteiger partial charge in [-0.25, -0.2) is 31.6 Å². The SMILES string of the molecule is C.CCCNC(=O)c1nnc2c(-c3c(C)cccc3C)cccc2c1N.CCCNC(=O)c1nnc2c(-c3cc(C)ccc3C)cccc2c1N.CCn1cnc2c(-c3ccc(F)c(-c4ccc(S(=O)(=O)CC)cc4OC)c3)cnnc21.Cc1ccc(F)cc1-c1nnc2cc(C(C)(C)C)c(OCc3ncnn3C)nn12.Cn1c2c(c3cc(F)ccc31)C(C(=O)N1CCCC1)=CC(c1ccccc1)C2=O. The molecule has 9 heterocycles. The van der Waals surface area contributed by atoms with Crippen molar-refractivity contribution in [2.24, 2.45) is 14.1 Å². The highest BCUT2D eigenvalue weighted by Gasteiger charge is 2.39. The van der Waals surface area contributed by atoms with Crippen LogP contribution in [0.25, 0.3) is 111 Å². The van der Waals surface area contributed by atoms with Crippen molar-refractivity contribution in [3.63, 3.8) is 0 Å². The topological polar surface area (TPSA) is 374 Å². The van der Waals surface area contributed by atoms with Crippen molar-refractivity contribution in [3.8, 4) is 67.5 Å². The first-order valence-electron chi connectivity index (χ1n) is 45.8. The van der Waals surface area contributed by atoms with Gasteiger partial charge in [-0.3, -0.25) is 23.9 Å². The lowest BCUT2D eigenvalue weighted by Crippen LogP contribution is -2.31. The summed E-state index contributed by atoms with van der Waals surface area (Å²) in [6.45, 7) is 27.4. The molecule has 720 valence electrons. The summed E-state index contributed by atoms with van der Waals surface area (Å²) < 4.78 is 85.5. The smallest absolute Gasteiger partial charge is 0.273 e. The molecule has 1 aliphatic carbocycles. The Balaban J connectivity index is 0.000000139. The molecule has 0 bridgehead atoms. The van der Waals surface area contributed by atoms with Crippen molar-refractivity contribution in [2.75, 3.05) is 50.5 Å². The van der Waals surface area contributed by atoms with Crippen LogP contribution >= 0.6 is 0 Å². The van der Waals surface area contributed by atoms with Crippen LogP contribution in [0.4, 0.5) is 24.5 Å². The van der Waals surface area contributed by atoms with Crippen LogP contribution in [0, 0.1) is 52.1 Å². The van der Waals surface area contributed by atoms with E-state index in [4.69, 9.17) is 20.9 Å². The molecule has 29 nitrogen and oxygen atoms in total. The first kappa shape index (κ1) is 100. The lowest BCUT2D eigenvalue weighted by atomic mass is 9.82. The average molecular weight is 1910 g/mol. The van der Waals surface area contributed by atoms with Gasteiger partial charge in [-0.1, -0.05) is 176 Å². The number of sulfone groups is 1. The monoisotopic (exact) mass is 1910 g/mol. The van der Waals surface area contributed by atoms with Crippen molar-refractivity contribution < 1.29 is 50.2 Å². The van der Waals surface area contributed by atoms with E-state index >= 15 is 0 Å². The number of likely N-dealkylation sites (tertiary alicyclic amines) is 1. The second-order valence-electron chi connectivity index (χ2n) is 35.1. The number of nitrogen functional groups attached to an aromatic ring is 2. The highest BCUT2D eigenvalue weighted by Crippen LogP contribution is 2.44. The summed E-state index contributed by atoms with van der Waals surface area (Å²) in [4.78, 5) is 62.0. The van der Waals surface area contributed by atoms with Crippen LogP contribution in [0.1, 0.15) is 169 Å². The first-order valence-corrected chi connectivity index (χ1v) is 47.5. The lowest BCUT2D eigenvalue weighted by molar-refractivity contribution is -0.124. The molecule has 8 aromatic heterocycles. The summed E-state index contributed by atoms with van der Waals surface area (Å²) >= 11 is 0. The normalized spacial score (nSPS) is 12.8. The predicted molar refractivity (Wildman–Crippen MR) is 541 cm³/mol. The number of anilines is 2. The van der Waals surface area contributed by atoms with Gasteiger partial charge in [0.25, 0.3) is 17.7 Å². The third-order valence-corrected chi connectivity index (χ3v) is 26.4. The number of carbonyl (C=O) groups is 4. The molecule has 1 atom stereocenters. The van der Waals surface area contributed by atoms with Crippen LogP contribution in [0.2, 0.25) is 0 Å². The minimum Gasteiger partial charge on any atom is -0.496 e. The van der Waals surface area contributed by atoms with E-state index in [-0.39, 0.29) is 87.9 Å². The van der Waals surface area contributed by atoms with E-state index in [2.05, 4.69) is 150 Å². The minimum absolute atomic E-state index is 0. The summed E-state index contributed by atoms with van der Waals surface area (Å²) in [6, 6.07) is 53.8. The molecule has 19 rings (SSSR count). The highest BCUT2D eigenvalue weighted by atomic mass is 32.2. The number of benzene rings is 9. The fourth-order valence-electron chi connectivity index (χ4n) is 17.1. The van der Waals surface area contributed by atoms with E-state index in [0.29, 0.717) is 128 Å². The van der Waals surface area contributed by atoms with Crippen molar-refractivity contribution >= 4 is 99.8 Å². The number of nitrogens with two attached hydrogens (primary N) is 2. The van der Waals surface area contributed by atoms with Crippen molar-refractivity contribution in [2.45, 2.75) is 146 Å². The van der Waals surface area contributed by atoms with Gasteiger partial charge < -0.3 is 45.6 Å². The summed E-state index contributed by atoms with van der Waals surface area (Å²) in [5.41, 5.74) is 33.2. The molecule has 2 aliphatic rings. The van der Waals surface area contributed by atoms with Gasteiger partial charge in [-0.15, -0.1) is 40.8 Å². The zero-order valence-corrected chi connectivity index (χ0v) is 80.9.